The van der Waals surface area contributed by atoms with Gasteiger partial charge in [0.2, 0.25) is 5.75 Å². The summed E-state index contributed by atoms with van der Waals surface area (Å²) < 4.78 is 10.2. The molecule has 1 fully saturated rings. The van der Waals surface area contributed by atoms with E-state index < -0.39 is 0 Å². The average molecular weight is 209 g/mol. The standard InChI is InChI=1S/C11H15NO3/c1-14-8-4-3-7(11(12)5-6-11)9(13)10(8)15-2/h3-4,13H,5-6,12H2,1-2H3. The normalized spacial score (nSPS) is 17.3. The Kier molecular flexibility index (Phi) is 2.23. The highest BCUT2D eigenvalue weighted by atomic mass is 16.5. The largest absolute Gasteiger partial charge is 0.504 e. The number of rotatable bonds is 3. The first-order valence-corrected chi connectivity index (χ1v) is 4.85. The second-order valence-corrected chi connectivity index (χ2v) is 3.85. The molecule has 0 saturated heterocycles. The van der Waals surface area contributed by atoms with E-state index in [1.807, 2.05) is 0 Å². The van der Waals surface area contributed by atoms with Gasteiger partial charge in [0.25, 0.3) is 0 Å². The lowest BCUT2D eigenvalue weighted by Crippen LogP contribution is -2.18. The van der Waals surface area contributed by atoms with Gasteiger partial charge in [-0.15, -0.1) is 0 Å². The Morgan fingerprint density at radius 1 is 1.27 bits per heavy atom. The Morgan fingerprint density at radius 3 is 2.40 bits per heavy atom. The zero-order valence-corrected chi connectivity index (χ0v) is 8.91. The van der Waals surface area contributed by atoms with Crippen LogP contribution in [0.4, 0.5) is 0 Å². The maximum atomic E-state index is 9.99. The van der Waals surface area contributed by atoms with E-state index in [0.29, 0.717) is 11.5 Å². The van der Waals surface area contributed by atoms with Crippen LogP contribution in [0.3, 0.4) is 0 Å². The first-order chi connectivity index (χ1) is 7.12. The highest BCUT2D eigenvalue weighted by Gasteiger charge is 2.43. The molecule has 0 amide bonds. The number of phenols is 1. The molecule has 0 bridgehead atoms. The zero-order chi connectivity index (χ0) is 11.1. The molecule has 82 valence electrons. The Bertz CT molecular complexity index is 386. The van der Waals surface area contributed by atoms with Crippen LogP contribution in [0.5, 0.6) is 17.2 Å². The van der Waals surface area contributed by atoms with Gasteiger partial charge in [-0.2, -0.15) is 0 Å². The van der Waals surface area contributed by atoms with E-state index in [4.69, 9.17) is 15.2 Å². The molecule has 2 rings (SSSR count). The van der Waals surface area contributed by atoms with E-state index >= 15 is 0 Å². The van der Waals surface area contributed by atoms with Crippen molar-refractivity contribution in [1.29, 1.82) is 0 Å². The maximum Gasteiger partial charge on any atom is 0.203 e. The van der Waals surface area contributed by atoms with Crippen molar-refractivity contribution in [3.8, 4) is 17.2 Å². The lowest BCUT2D eigenvalue weighted by atomic mass is 10.0. The number of methoxy groups -OCH3 is 2. The maximum absolute atomic E-state index is 9.99. The van der Waals surface area contributed by atoms with Crippen LogP contribution in [-0.4, -0.2) is 19.3 Å². The molecule has 0 heterocycles. The highest BCUT2D eigenvalue weighted by molar-refractivity contribution is 5.57. The van der Waals surface area contributed by atoms with Crippen molar-refractivity contribution in [3.05, 3.63) is 17.7 Å². The molecule has 1 saturated carbocycles. The molecule has 1 aromatic rings. The zero-order valence-electron chi connectivity index (χ0n) is 8.91. The third kappa shape index (κ3) is 1.51. The molecule has 0 spiro atoms. The summed E-state index contributed by atoms with van der Waals surface area (Å²) in [6, 6.07) is 3.56. The smallest absolute Gasteiger partial charge is 0.203 e. The van der Waals surface area contributed by atoms with Gasteiger partial charge in [0.15, 0.2) is 11.5 Å². The number of benzene rings is 1. The lowest BCUT2D eigenvalue weighted by Gasteiger charge is -2.16. The number of nitrogens with two attached hydrogens (primary N) is 1. The van der Waals surface area contributed by atoms with Gasteiger partial charge in [0.1, 0.15) is 0 Å². The molecule has 1 aromatic carbocycles. The van der Waals surface area contributed by atoms with Gasteiger partial charge in [-0.1, -0.05) is 0 Å². The van der Waals surface area contributed by atoms with Crippen LogP contribution >= 0.6 is 0 Å². The highest BCUT2D eigenvalue weighted by Crippen LogP contribution is 2.50. The molecule has 4 nitrogen and oxygen atoms in total. The molecular formula is C11H15NO3. The van der Waals surface area contributed by atoms with Gasteiger partial charge in [-0.3, -0.25) is 0 Å². The van der Waals surface area contributed by atoms with Gasteiger partial charge in [0, 0.05) is 11.1 Å². The minimum atomic E-state index is -0.371. The predicted molar refractivity (Wildman–Crippen MR) is 56.3 cm³/mol. The van der Waals surface area contributed by atoms with Gasteiger partial charge in [0.05, 0.1) is 14.2 Å². The number of phenolic OH excluding ortho intramolecular Hbond substituents is 1. The number of ether oxygens (including phenoxy) is 2. The van der Waals surface area contributed by atoms with Crippen molar-refractivity contribution in [2.45, 2.75) is 18.4 Å². The summed E-state index contributed by atoms with van der Waals surface area (Å²) in [5, 5.41) is 9.99. The third-order valence-corrected chi connectivity index (χ3v) is 2.84. The minimum absolute atomic E-state index is 0.0943. The Balaban J connectivity index is 2.51. The Morgan fingerprint density at radius 2 is 1.93 bits per heavy atom. The van der Waals surface area contributed by atoms with E-state index in [1.54, 1.807) is 12.1 Å². The summed E-state index contributed by atoms with van der Waals surface area (Å²) in [7, 11) is 3.03. The molecule has 15 heavy (non-hydrogen) atoms. The van der Waals surface area contributed by atoms with Gasteiger partial charge < -0.3 is 20.3 Å². The van der Waals surface area contributed by atoms with Crippen molar-refractivity contribution in [1.82, 2.24) is 0 Å². The minimum Gasteiger partial charge on any atom is -0.504 e. The fourth-order valence-corrected chi connectivity index (χ4v) is 1.72. The van der Waals surface area contributed by atoms with Gasteiger partial charge >= 0.3 is 0 Å². The second kappa shape index (κ2) is 3.31. The SMILES string of the molecule is COc1ccc(C2(N)CC2)c(O)c1OC. The van der Waals surface area contributed by atoms with Crippen molar-refractivity contribution in [2.75, 3.05) is 14.2 Å². The van der Waals surface area contributed by atoms with Crippen LogP contribution in [0.15, 0.2) is 12.1 Å². The molecule has 1 aliphatic rings. The first-order valence-electron chi connectivity index (χ1n) is 4.85. The Labute approximate surface area is 88.6 Å². The topological polar surface area (TPSA) is 64.7 Å². The second-order valence-electron chi connectivity index (χ2n) is 3.85. The molecule has 0 unspecified atom stereocenters. The molecule has 0 aliphatic heterocycles. The van der Waals surface area contributed by atoms with Crippen molar-refractivity contribution < 1.29 is 14.6 Å². The van der Waals surface area contributed by atoms with E-state index in [0.717, 1.165) is 18.4 Å². The lowest BCUT2D eigenvalue weighted by molar-refractivity contribution is 0.329. The van der Waals surface area contributed by atoms with Crippen molar-refractivity contribution >= 4 is 0 Å². The summed E-state index contributed by atoms with van der Waals surface area (Å²) in [6.45, 7) is 0. The summed E-state index contributed by atoms with van der Waals surface area (Å²) in [4.78, 5) is 0. The van der Waals surface area contributed by atoms with Crippen LogP contribution in [-0.2, 0) is 5.54 Å². The summed E-state index contributed by atoms with van der Waals surface area (Å²) in [5.74, 6) is 0.964. The van der Waals surface area contributed by atoms with Crippen LogP contribution in [0.2, 0.25) is 0 Å². The summed E-state index contributed by atoms with van der Waals surface area (Å²) in [5.41, 5.74) is 6.39. The quantitative estimate of drug-likeness (QED) is 0.788. The Hall–Kier alpha value is -1.42. The monoisotopic (exact) mass is 209 g/mol. The van der Waals surface area contributed by atoms with Crippen LogP contribution < -0.4 is 15.2 Å². The average Bonchev–Trinajstić information content (AvgIpc) is 2.96. The third-order valence-electron chi connectivity index (χ3n) is 2.84. The van der Waals surface area contributed by atoms with Crippen LogP contribution in [0.1, 0.15) is 18.4 Å². The van der Waals surface area contributed by atoms with E-state index in [2.05, 4.69) is 0 Å². The molecule has 1 aliphatic carbocycles. The molecule has 0 atom stereocenters. The molecule has 0 radical (unpaired) electrons. The van der Waals surface area contributed by atoms with E-state index in [9.17, 15) is 5.11 Å². The van der Waals surface area contributed by atoms with Crippen LogP contribution in [0.25, 0.3) is 0 Å². The molecular weight excluding hydrogens is 194 g/mol. The summed E-state index contributed by atoms with van der Waals surface area (Å²) in [6.07, 6.45) is 1.80. The van der Waals surface area contributed by atoms with Crippen LogP contribution in [0, 0.1) is 0 Å². The molecule has 0 aromatic heterocycles. The fraction of sp³-hybridized carbons (Fsp3) is 0.455. The van der Waals surface area contributed by atoms with Crippen molar-refractivity contribution in [2.24, 2.45) is 5.73 Å². The first kappa shape index (κ1) is 10.1. The van der Waals surface area contributed by atoms with Gasteiger partial charge in [-0.25, -0.2) is 0 Å². The predicted octanol–water partition coefficient (Wildman–Crippen LogP) is 1.36. The van der Waals surface area contributed by atoms with Crippen molar-refractivity contribution in [3.63, 3.8) is 0 Å². The number of aromatic hydroxyl groups is 1. The number of hydrogen-bond acceptors (Lipinski definition) is 4. The molecule has 4 heteroatoms. The molecule has 3 N–H and O–H groups in total. The van der Waals surface area contributed by atoms with E-state index in [-0.39, 0.29) is 11.3 Å². The number of hydrogen-bond donors (Lipinski definition) is 2. The van der Waals surface area contributed by atoms with E-state index in [1.165, 1.54) is 14.2 Å². The summed E-state index contributed by atoms with van der Waals surface area (Å²) >= 11 is 0. The fourth-order valence-electron chi connectivity index (χ4n) is 1.72. The van der Waals surface area contributed by atoms with Gasteiger partial charge in [-0.05, 0) is 25.0 Å².